The Morgan fingerprint density at radius 3 is 1.65 bits per heavy atom. The van der Waals surface area contributed by atoms with Crippen LogP contribution in [0, 0.1) is 0 Å². The largest absolute Gasteiger partial charge is 0.460 e. The van der Waals surface area contributed by atoms with Crippen molar-refractivity contribution in [3.63, 3.8) is 0 Å². The van der Waals surface area contributed by atoms with E-state index in [0.717, 1.165) is 31.2 Å². The Bertz CT molecular complexity index is 4430. The molecule has 7 aromatic rings. The molecule has 0 saturated heterocycles. The molecule has 4 heterocycles. The summed E-state index contributed by atoms with van der Waals surface area (Å²) in [5.41, 5.74) is -8.01. The maximum atomic E-state index is 11.3. The van der Waals surface area contributed by atoms with Crippen molar-refractivity contribution in [2.24, 2.45) is 0 Å². The van der Waals surface area contributed by atoms with Gasteiger partial charge in [-0.15, -0.1) is 0 Å². The third kappa shape index (κ3) is 6.23. The Labute approximate surface area is 451 Å². The van der Waals surface area contributed by atoms with Crippen molar-refractivity contribution in [2.75, 3.05) is 14.7 Å². The van der Waals surface area contributed by atoms with Gasteiger partial charge >= 0.3 is 0 Å². The highest BCUT2D eigenvalue weighted by atomic mass is 16.3. The summed E-state index contributed by atoms with van der Waals surface area (Å²) >= 11 is 0. The van der Waals surface area contributed by atoms with Crippen LogP contribution in [0.4, 0.5) is 45.5 Å². The number of benzene rings is 6. The molecule has 0 N–H and O–H groups in total. The lowest BCUT2D eigenvalue weighted by Gasteiger charge is -2.51. The van der Waals surface area contributed by atoms with E-state index >= 15 is 0 Å². The predicted molar refractivity (Wildman–Crippen MR) is 302 cm³/mol. The maximum absolute atomic E-state index is 11.3. The van der Waals surface area contributed by atoms with Crippen molar-refractivity contribution in [1.82, 2.24) is 0 Å². The van der Waals surface area contributed by atoms with E-state index in [1.165, 1.54) is 9.80 Å². The fraction of sp³-hybridized carbons (Fsp3) is 0.424. The number of hydrogen-bond acceptors (Lipinski definition) is 4. The molecular formula is C66H74BN3O. The number of para-hydroxylation sites is 1. The first-order chi connectivity index (χ1) is 41.5. The molecule has 14 rings (SSSR count). The van der Waals surface area contributed by atoms with Gasteiger partial charge in [-0.3, -0.25) is 0 Å². The number of hydrogen-bond donors (Lipinski definition) is 0. The second kappa shape index (κ2) is 14.5. The first-order valence-corrected chi connectivity index (χ1v) is 25.7. The molecule has 2 fully saturated rings. The summed E-state index contributed by atoms with van der Waals surface area (Å²) in [7, 11) is 0. The molecular weight excluding hydrogens is 862 g/mol. The Hall–Kier alpha value is -5.68. The van der Waals surface area contributed by atoms with E-state index in [-0.39, 0.29) is 103 Å². The van der Waals surface area contributed by atoms with Crippen molar-refractivity contribution < 1.29 is 30.5 Å². The Morgan fingerprint density at radius 1 is 0.507 bits per heavy atom. The summed E-state index contributed by atoms with van der Waals surface area (Å²) in [6.07, 6.45) is 4.91. The van der Waals surface area contributed by atoms with E-state index in [1.807, 2.05) is 13.8 Å². The van der Waals surface area contributed by atoms with Gasteiger partial charge in [0, 0.05) is 73.3 Å². The van der Waals surface area contributed by atoms with Gasteiger partial charge in [0.15, 0.2) is 0 Å². The summed E-state index contributed by atoms with van der Waals surface area (Å²) in [5, 5.41) is 0.294. The van der Waals surface area contributed by atoms with Crippen LogP contribution in [0.15, 0.2) is 119 Å². The molecule has 362 valence electrons. The third-order valence-corrected chi connectivity index (χ3v) is 17.7. The van der Waals surface area contributed by atoms with E-state index < -0.39 is 147 Å². The molecule has 2 unspecified atom stereocenters. The summed E-state index contributed by atoms with van der Waals surface area (Å²) in [6.45, 7) is 22.3. The van der Waals surface area contributed by atoms with Crippen LogP contribution in [0.5, 0.6) is 0 Å². The minimum Gasteiger partial charge on any atom is -0.460 e. The van der Waals surface area contributed by atoms with Crippen LogP contribution in [0.3, 0.4) is 0 Å². The number of furan rings is 1. The first kappa shape index (κ1) is 29.1. The second-order valence-electron chi connectivity index (χ2n) is 25.5. The number of nitrogens with zero attached hydrogens (tertiary/aromatic N) is 3. The maximum Gasteiger partial charge on any atom is 0.252 e. The average molecular weight is 955 g/mol. The molecule has 6 aromatic carbocycles. The molecule has 2 atom stereocenters. The number of fused-ring (bicyclic) bond motifs is 10. The third-order valence-electron chi connectivity index (χ3n) is 17.7. The van der Waals surface area contributed by atoms with Crippen molar-refractivity contribution in [2.45, 2.75) is 179 Å². The van der Waals surface area contributed by atoms with Crippen LogP contribution in [-0.4, -0.2) is 12.3 Å². The zero-order chi connectivity index (χ0) is 66.1. The molecule has 0 radical (unpaired) electrons. The van der Waals surface area contributed by atoms with Crippen LogP contribution >= 0.6 is 0 Å². The van der Waals surface area contributed by atoms with Gasteiger partial charge in [-0.05, 0) is 154 Å². The van der Waals surface area contributed by atoms with Crippen molar-refractivity contribution in [1.29, 1.82) is 0 Å². The van der Waals surface area contributed by atoms with Crippen molar-refractivity contribution in [3.8, 4) is 0 Å². The minimum absolute atomic E-state index is 0.0107. The zero-order valence-electron chi connectivity index (χ0n) is 62.5. The second-order valence-corrected chi connectivity index (χ2v) is 25.5. The Morgan fingerprint density at radius 2 is 1.04 bits per heavy atom. The van der Waals surface area contributed by atoms with Crippen LogP contribution in [-0.2, 0) is 32.5 Å². The molecule has 2 bridgehead atoms. The SMILES string of the molecule is [2H]c1c([2H])c([2H])c2c(c1[2H])N(c1c([2H])c3c4c(c1[2H])N(c1c([2H])c([2H])c(C(C)(C)C)c([2H])c1[2H])c1c(c([2H])c5c6c(oc5c1[2H])C1(C)CCC6(C)CC1)B4c1c([2H])c(C(C)(C)C)c([2H])c([2H])c1N3c1c([2H])c([2H])c(C(C)(C)C)c([2H])c1[2H])C1(C)CCCCC21C. The summed E-state index contributed by atoms with van der Waals surface area (Å²) in [4.78, 5) is 4.10. The van der Waals surface area contributed by atoms with Crippen LogP contribution < -0.4 is 31.1 Å². The minimum atomic E-state index is -1.59. The van der Waals surface area contributed by atoms with E-state index in [4.69, 9.17) is 5.79 Å². The topological polar surface area (TPSA) is 22.9 Å². The van der Waals surface area contributed by atoms with E-state index in [9.17, 15) is 24.7 Å². The fourth-order valence-corrected chi connectivity index (χ4v) is 13.1. The molecule has 4 nitrogen and oxygen atoms in total. The lowest BCUT2D eigenvalue weighted by molar-refractivity contribution is 0.161. The van der Waals surface area contributed by atoms with Crippen molar-refractivity contribution >= 4 is 79.6 Å². The molecule has 4 aliphatic carbocycles. The van der Waals surface area contributed by atoms with E-state index in [0.29, 0.717) is 36.8 Å². The molecule has 71 heavy (non-hydrogen) atoms. The average Bonchev–Trinajstić information content (AvgIpc) is 1.12. The molecule has 5 heteroatoms. The van der Waals surface area contributed by atoms with E-state index in [1.54, 1.807) is 67.2 Å². The Kier molecular flexibility index (Phi) is 5.95. The normalized spacial score (nSPS) is 28.9. The van der Waals surface area contributed by atoms with Gasteiger partial charge in [0.05, 0.1) is 31.6 Å². The zero-order valence-corrected chi connectivity index (χ0v) is 43.5. The monoisotopic (exact) mass is 955 g/mol. The van der Waals surface area contributed by atoms with Gasteiger partial charge in [0.1, 0.15) is 11.3 Å². The summed E-state index contributed by atoms with van der Waals surface area (Å²) in [6, 6.07) is -9.12. The Balaban J connectivity index is 1.35. The highest BCUT2D eigenvalue weighted by molar-refractivity contribution is 7.00. The van der Waals surface area contributed by atoms with Gasteiger partial charge in [0.2, 0.25) is 0 Å². The van der Waals surface area contributed by atoms with E-state index in [2.05, 4.69) is 13.8 Å². The first-order valence-electron chi connectivity index (χ1n) is 35.2. The van der Waals surface area contributed by atoms with Crippen LogP contribution in [0.2, 0.25) is 0 Å². The number of anilines is 8. The lowest BCUT2D eigenvalue weighted by atomic mass is 9.33. The van der Waals surface area contributed by atoms with Crippen LogP contribution in [0.25, 0.3) is 11.0 Å². The summed E-state index contributed by atoms with van der Waals surface area (Å²) in [5.74, 6) is 0.601. The molecule has 1 aromatic heterocycles. The summed E-state index contributed by atoms with van der Waals surface area (Å²) < 4.78 is 201. The fourth-order valence-electron chi connectivity index (χ4n) is 13.1. The van der Waals surface area contributed by atoms with Gasteiger partial charge in [-0.2, -0.15) is 0 Å². The standard InChI is InChI=1S/C66H74BN3O/c1-60(2,3)41-20-25-44(26-21-41)68-52-29-24-43(62(7,8)9)36-49(52)67-50-39-47-56(71-59-57(47)63(10)32-34-64(59,11)35-33-63)40-53(50)69(45-27-22-42(23-28-45)61(4,5)6)55-38-46(37-54(68)58(55)67)70-51-19-15-14-18-48(51)65(12)30-16-17-31-66(65,70)13/h14-15,18-29,36-40H,16-17,30-35H2,1-13H3/i14D,15D,18D,19D,20D,21D,22D,23D,24D,25D,26D,27D,28D,29D,36D,37D,38D,39D,40D. The molecule has 3 aliphatic heterocycles. The molecule has 0 amide bonds. The highest BCUT2D eigenvalue weighted by Crippen LogP contribution is 2.63. The van der Waals surface area contributed by atoms with Gasteiger partial charge in [-0.25, -0.2) is 0 Å². The molecule has 2 saturated carbocycles. The number of rotatable bonds is 3. The predicted octanol–water partition coefficient (Wildman–Crippen LogP) is 16.3. The lowest BCUT2D eigenvalue weighted by Crippen LogP contribution is -2.61. The molecule has 0 spiro atoms. The van der Waals surface area contributed by atoms with Gasteiger partial charge in [0.25, 0.3) is 6.71 Å². The van der Waals surface area contributed by atoms with Crippen molar-refractivity contribution in [3.05, 3.63) is 148 Å². The quantitative estimate of drug-likeness (QED) is 0.165. The smallest absolute Gasteiger partial charge is 0.252 e. The van der Waals surface area contributed by atoms with Crippen LogP contribution in [0.1, 0.15) is 201 Å². The highest BCUT2D eigenvalue weighted by Gasteiger charge is 2.58. The molecule has 7 aliphatic rings. The van der Waals surface area contributed by atoms with Gasteiger partial charge < -0.3 is 19.1 Å². The van der Waals surface area contributed by atoms with Gasteiger partial charge in [-0.1, -0.05) is 156 Å².